The number of phenols is 1. The third-order valence-corrected chi connectivity index (χ3v) is 4.41. The van der Waals surface area contributed by atoms with E-state index in [2.05, 4.69) is 9.71 Å². The molecule has 0 saturated carbocycles. The summed E-state index contributed by atoms with van der Waals surface area (Å²) < 4.78 is 28.8. The summed E-state index contributed by atoms with van der Waals surface area (Å²) in [5.74, 6) is 0.701. The van der Waals surface area contributed by atoms with E-state index in [1.165, 1.54) is 12.3 Å². The fourth-order valence-corrected chi connectivity index (χ4v) is 3.02. The van der Waals surface area contributed by atoms with Gasteiger partial charge in [0, 0.05) is 18.8 Å². The molecule has 0 amide bonds. The number of hydrogen-bond acceptors (Lipinski definition) is 4. The van der Waals surface area contributed by atoms with E-state index < -0.39 is 10.0 Å². The Bertz CT molecular complexity index is 751. The van der Waals surface area contributed by atoms with Gasteiger partial charge in [0.25, 0.3) is 10.0 Å². The minimum absolute atomic E-state index is 0.0199. The zero-order valence-electron chi connectivity index (χ0n) is 12.3. The summed E-state index contributed by atoms with van der Waals surface area (Å²) in [5.41, 5.74) is 0.988. The molecule has 0 unspecified atom stereocenters. The molecule has 0 atom stereocenters. The Balaban J connectivity index is 2.29. The van der Waals surface area contributed by atoms with Crippen molar-refractivity contribution in [1.82, 2.24) is 9.55 Å². The number of nitrogens with one attached hydrogen (secondary N) is 1. The van der Waals surface area contributed by atoms with Crippen LogP contribution in [0.15, 0.2) is 29.4 Å². The lowest BCUT2D eigenvalue weighted by Gasteiger charge is -2.07. The van der Waals surface area contributed by atoms with Crippen LogP contribution in [0.1, 0.15) is 24.7 Å². The monoisotopic (exact) mass is 309 g/mol. The molecule has 1 aromatic carbocycles. The van der Waals surface area contributed by atoms with E-state index in [9.17, 15) is 13.5 Å². The summed E-state index contributed by atoms with van der Waals surface area (Å²) in [7, 11) is -3.76. The highest BCUT2D eigenvalue weighted by molar-refractivity contribution is 7.92. The molecule has 1 heterocycles. The van der Waals surface area contributed by atoms with Crippen LogP contribution in [-0.2, 0) is 16.6 Å². The van der Waals surface area contributed by atoms with Gasteiger partial charge in [-0.05, 0) is 31.9 Å². The second-order valence-corrected chi connectivity index (χ2v) is 6.56. The molecule has 0 saturated heterocycles. The first-order chi connectivity index (χ1) is 9.83. The molecule has 0 radical (unpaired) electrons. The van der Waals surface area contributed by atoms with Gasteiger partial charge < -0.3 is 9.67 Å². The second-order valence-electron chi connectivity index (χ2n) is 4.93. The van der Waals surface area contributed by atoms with Crippen LogP contribution in [0.2, 0.25) is 0 Å². The standard InChI is InChI=1S/C14H19N3O3S/c1-4-7-17-9-14(15-11(17)3)21(19,20)16-12-6-5-10(2)13(18)8-12/h5-6,8-9,16,18H,4,7H2,1-3H3. The van der Waals surface area contributed by atoms with Gasteiger partial charge in [-0.25, -0.2) is 4.98 Å². The Labute approximate surface area is 124 Å². The van der Waals surface area contributed by atoms with E-state index in [1.54, 1.807) is 30.5 Å². The fraction of sp³-hybridized carbons (Fsp3) is 0.357. The van der Waals surface area contributed by atoms with Crippen LogP contribution in [0, 0.1) is 13.8 Å². The van der Waals surface area contributed by atoms with Crippen LogP contribution in [-0.4, -0.2) is 23.1 Å². The summed E-state index contributed by atoms with van der Waals surface area (Å²) in [6.45, 7) is 6.25. The molecule has 7 heteroatoms. The Hall–Kier alpha value is -2.02. The minimum Gasteiger partial charge on any atom is -0.508 e. The lowest BCUT2D eigenvalue weighted by molar-refractivity contribution is 0.471. The fourth-order valence-electron chi connectivity index (χ4n) is 1.96. The van der Waals surface area contributed by atoms with Gasteiger partial charge in [0.1, 0.15) is 11.6 Å². The SMILES string of the molecule is CCCn1cc(S(=O)(=O)Nc2ccc(C)c(O)c2)nc1C. The lowest BCUT2D eigenvalue weighted by atomic mass is 10.2. The van der Waals surface area contributed by atoms with Crippen LogP contribution < -0.4 is 4.72 Å². The van der Waals surface area contributed by atoms with Crippen molar-refractivity contribution in [1.29, 1.82) is 0 Å². The van der Waals surface area contributed by atoms with Crippen LogP contribution in [0.5, 0.6) is 5.75 Å². The molecule has 21 heavy (non-hydrogen) atoms. The number of hydrogen-bond donors (Lipinski definition) is 2. The molecule has 0 bridgehead atoms. The molecule has 0 aliphatic rings. The van der Waals surface area contributed by atoms with E-state index in [0.29, 0.717) is 17.1 Å². The largest absolute Gasteiger partial charge is 0.508 e. The highest BCUT2D eigenvalue weighted by Crippen LogP contribution is 2.23. The first-order valence-corrected chi connectivity index (χ1v) is 8.18. The van der Waals surface area contributed by atoms with Crippen LogP contribution in [0.25, 0.3) is 0 Å². The number of sulfonamides is 1. The topological polar surface area (TPSA) is 84.2 Å². The highest BCUT2D eigenvalue weighted by atomic mass is 32.2. The second kappa shape index (κ2) is 5.77. The molecule has 6 nitrogen and oxygen atoms in total. The van der Waals surface area contributed by atoms with Crippen LogP contribution in [0.4, 0.5) is 5.69 Å². The summed E-state index contributed by atoms with van der Waals surface area (Å²) in [4.78, 5) is 4.09. The predicted octanol–water partition coefficient (Wildman–Crippen LogP) is 2.42. The van der Waals surface area contributed by atoms with E-state index in [-0.39, 0.29) is 10.8 Å². The number of benzene rings is 1. The van der Waals surface area contributed by atoms with E-state index in [0.717, 1.165) is 13.0 Å². The van der Waals surface area contributed by atoms with Crippen LogP contribution >= 0.6 is 0 Å². The molecular formula is C14H19N3O3S. The quantitative estimate of drug-likeness (QED) is 0.888. The van der Waals surface area contributed by atoms with Crippen molar-refractivity contribution >= 4 is 15.7 Å². The number of anilines is 1. The van der Waals surface area contributed by atoms with Crippen molar-refractivity contribution in [2.45, 2.75) is 38.8 Å². The van der Waals surface area contributed by atoms with Gasteiger partial charge in [0.15, 0.2) is 5.03 Å². The van der Waals surface area contributed by atoms with Crippen molar-refractivity contribution in [2.75, 3.05) is 4.72 Å². The zero-order valence-corrected chi connectivity index (χ0v) is 13.1. The van der Waals surface area contributed by atoms with Gasteiger partial charge in [0.2, 0.25) is 0 Å². The number of aromatic nitrogens is 2. The molecule has 2 aromatic rings. The third-order valence-electron chi connectivity index (χ3n) is 3.16. The van der Waals surface area contributed by atoms with Gasteiger partial charge in [-0.1, -0.05) is 13.0 Å². The highest BCUT2D eigenvalue weighted by Gasteiger charge is 2.19. The van der Waals surface area contributed by atoms with E-state index in [1.807, 2.05) is 6.92 Å². The van der Waals surface area contributed by atoms with Crippen molar-refractivity contribution in [2.24, 2.45) is 0 Å². The Morgan fingerprint density at radius 1 is 1.33 bits per heavy atom. The number of nitrogens with zero attached hydrogens (tertiary/aromatic N) is 2. The van der Waals surface area contributed by atoms with Crippen molar-refractivity contribution < 1.29 is 13.5 Å². The number of phenolic OH excluding ortho intramolecular Hbond substituents is 1. The third kappa shape index (κ3) is 3.36. The number of aromatic hydroxyl groups is 1. The number of rotatable bonds is 5. The normalized spacial score (nSPS) is 11.6. The Morgan fingerprint density at radius 2 is 2.05 bits per heavy atom. The van der Waals surface area contributed by atoms with Gasteiger partial charge in [-0.3, -0.25) is 4.72 Å². The van der Waals surface area contributed by atoms with Gasteiger partial charge >= 0.3 is 0 Å². The van der Waals surface area contributed by atoms with Gasteiger partial charge in [-0.2, -0.15) is 8.42 Å². The summed E-state index contributed by atoms with van der Waals surface area (Å²) in [6, 6.07) is 4.62. The van der Waals surface area contributed by atoms with Crippen molar-refractivity contribution in [3.05, 3.63) is 35.8 Å². The zero-order chi connectivity index (χ0) is 15.6. The van der Waals surface area contributed by atoms with Crippen molar-refractivity contribution in [3.63, 3.8) is 0 Å². The predicted molar refractivity (Wildman–Crippen MR) is 80.9 cm³/mol. The molecule has 0 spiro atoms. The molecule has 2 N–H and O–H groups in total. The van der Waals surface area contributed by atoms with Gasteiger partial charge in [0.05, 0.1) is 5.69 Å². The average molecular weight is 309 g/mol. The smallest absolute Gasteiger partial charge is 0.280 e. The summed E-state index contributed by atoms with van der Waals surface area (Å²) in [6.07, 6.45) is 2.42. The van der Waals surface area contributed by atoms with E-state index in [4.69, 9.17) is 0 Å². The molecule has 1 aromatic heterocycles. The first-order valence-electron chi connectivity index (χ1n) is 6.69. The molecule has 0 aliphatic carbocycles. The van der Waals surface area contributed by atoms with E-state index >= 15 is 0 Å². The maximum Gasteiger partial charge on any atom is 0.280 e. The summed E-state index contributed by atoms with van der Waals surface area (Å²) >= 11 is 0. The molecule has 0 fully saturated rings. The molecule has 114 valence electrons. The maximum absolute atomic E-state index is 12.3. The summed E-state index contributed by atoms with van der Waals surface area (Å²) in [5, 5.41) is 9.61. The van der Waals surface area contributed by atoms with Crippen molar-refractivity contribution in [3.8, 4) is 5.75 Å². The Morgan fingerprint density at radius 3 is 2.67 bits per heavy atom. The lowest BCUT2D eigenvalue weighted by Crippen LogP contribution is -2.13. The molecular weight excluding hydrogens is 290 g/mol. The first kappa shape index (κ1) is 15.4. The number of imidazole rings is 1. The maximum atomic E-state index is 12.3. The Kier molecular flexibility index (Phi) is 4.22. The molecule has 2 rings (SSSR count). The average Bonchev–Trinajstić information content (AvgIpc) is 2.77. The van der Waals surface area contributed by atoms with Crippen LogP contribution in [0.3, 0.4) is 0 Å². The number of aryl methyl sites for hydroxylation is 3. The van der Waals surface area contributed by atoms with Gasteiger partial charge in [-0.15, -0.1) is 0 Å². The minimum atomic E-state index is -3.76. The molecule has 0 aliphatic heterocycles.